The number of likely N-dealkylation sites (N-methyl/N-ethyl adjacent to an activating group) is 1. The fourth-order valence-electron chi connectivity index (χ4n) is 3.22. The van der Waals surface area contributed by atoms with Crippen molar-refractivity contribution in [1.82, 2.24) is 10.6 Å². The third-order valence-corrected chi connectivity index (χ3v) is 7.41. The molecule has 0 rings (SSSR count). The van der Waals surface area contributed by atoms with Crippen LogP contribution < -0.4 is 10.6 Å². The van der Waals surface area contributed by atoms with Gasteiger partial charge in [-0.3, -0.25) is 9.59 Å². The number of carbonyl (C=O) groups excluding carboxylic acids is 2. The molecule has 0 heterocycles. The molecule has 0 unspecified atom stereocenters. The number of carbonyl (C=O) groups is 2. The Hall–Kier alpha value is -0.440. The van der Waals surface area contributed by atoms with Gasteiger partial charge in [-0.2, -0.15) is 0 Å². The molecule has 0 bridgehead atoms. The van der Waals surface area contributed by atoms with Gasteiger partial charge in [-0.05, 0) is 25.7 Å². The van der Waals surface area contributed by atoms with Crippen molar-refractivity contribution in [2.45, 2.75) is 64.2 Å². The standard InChI is InChI=1S/C24H50N4O2S2/c1-27(2,3)19-14-12-10-8-7-9-11-13-16-23(29)26-18-21-32-31-20-15-17-25-24(30)22-28(4,5)6/h7-22H2,1-6H3/p+2. The minimum absolute atomic E-state index is 0.115. The van der Waals surface area contributed by atoms with Gasteiger partial charge in [-0.1, -0.05) is 53.7 Å². The van der Waals surface area contributed by atoms with E-state index in [-0.39, 0.29) is 11.8 Å². The summed E-state index contributed by atoms with van der Waals surface area (Å²) in [5.74, 6) is 2.25. The van der Waals surface area contributed by atoms with Crippen LogP contribution in [0.15, 0.2) is 0 Å². The molecular weight excluding hydrogens is 440 g/mol. The Morgan fingerprint density at radius 2 is 1.12 bits per heavy atom. The first kappa shape index (κ1) is 31.6. The largest absolute Gasteiger partial charge is 0.355 e. The molecule has 2 N–H and O–H groups in total. The van der Waals surface area contributed by atoms with E-state index in [1.807, 2.05) is 31.9 Å². The molecule has 0 fully saturated rings. The zero-order valence-corrected chi connectivity index (χ0v) is 23.5. The van der Waals surface area contributed by atoms with E-state index in [9.17, 15) is 9.59 Å². The van der Waals surface area contributed by atoms with Crippen molar-refractivity contribution < 1.29 is 18.6 Å². The van der Waals surface area contributed by atoms with Crippen molar-refractivity contribution in [3.8, 4) is 0 Å². The molecular formula is C24H52N4O2S2+2. The van der Waals surface area contributed by atoms with E-state index in [4.69, 9.17) is 0 Å². The summed E-state index contributed by atoms with van der Waals surface area (Å²) in [5.41, 5.74) is 0. The summed E-state index contributed by atoms with van der Waals surface area (Å²) in [6.45, 7) is 3.26. The molecule has 0 aromatic rings. The van der Waals surface area contributed by atoms with E-state index in [2.05, 4.69) is 31.8 Å². The first-order valence-corrected chi connectivity index (χ1v) is 14.9. The molecule has 0 aliphatic rings. The van der Waals surface area contributed by atoms with E-state index in [0.29, 0.717) is 17.4 Å². The molecule has 6 nitrogen and oxygen atoms in total. The Balaban J connectivity index is 3.31. The van der Waals surface area contributed by atoms with E-state index < -0.39 is 0 Å². The highest BCUT2D eigenvalue weighted by atomic mass is 33.1. The van der Waals surface area contributed by atoms with Gasteiger partial charge in [0.2, 0.25) is 5.91 Å². The van der Waals surface area contributed by atoms with Gasteiger partial charge in [-0.15, -0.1) is 0 Å². The molecule has 0 aromatic heterocycles. The van der Waals surface area contributed by atoms with Crippen molar-refractivity contribution in [2.24, 2.45) is 0 Å². The predicted octanol–water partition coefficient (Wildman–Crippen LogP) is 3.91. The number of hydrogen-bond acceptors (Lipinski definition) is 4. The number of quaternary nitrogens is 2. The van der Waals surface area contributed by atoms with Crippen LogP contribution in [0.5, 0.6) is 0 Å². The molecule has 0 saturated heterocycles. The molecule has 0 aliphatic heterocycles. The van der Waals surface area contributed by atoms with Crippen LogP contribution in [0.2, 0.25) is 0 Å². The molecule has 0 aromatic carbocycles. The summed E-state index contributed by atoms with van der Waals surface area (Å²) in [6.07, 6.45) is 11.7. The van der Waals surface area contributed by atoms with Crippen molar-refractivity contribution in [3.05, 3.63) is 0 Å². The summed E-state index contributed by atoms with van der Waals surface area (Å²) in [7, 11) is 16.4. The Morgan fingerprint density at radius 1 is 0.594 bits per heavy atom. The number of nitrogens with zero attached hydrogens (tertiary/aromatic N) is 2. The minimum Gasteiger partial charge on any atom is -0.355 e. The SMILES string of the molecule is C[N+](C)(C)CCCCCCCCCCC(=O)NCCSSCCCNC(=O)C[N+](C)(C)C. The average Bonchev–Trinajstić information content (AvgIpc) is 2.65. The van der Waals surface area contributed by atoms with Gasteiger partial charge in [0.25, 0.3) is 5.91 Å². The quantitative estimate of drug-likeness (QED) is 0.145. The van der Waals surface area contributed by atoms with E-state index in [0.717, 1.165) is 41.9 Å². The van der Waals surface area contributed by atoms with Crippen LogP contribution in [-0.4, -0.2) is 101 Å². The van der Waals surface area contributed by atoms with Crippen LogP contribution in [0, 0.1) is 0 Å². The van der Waals surface area contributed by atoms with Crippen LogP contribution in [0.1, 0.15) is 64.2 Å². The lowest BCUT2D eigenvalue weighted by Gasteiger charge is -2.23. The molecule has 0 spiro atoms. The summed E-state index contributed by atoms with van der Waals surface area (Å²) < 4.78 is 1.72. The Kier molecular flexibility index (Phi) is 18.7. The second kappa shape index (κ2) is 18.9. The third kappa shape index (κ3) is 25.8. The zero-order chi connectivity index (χ0) is 24.3. The van der Waals surface area contributed by atoms with Crippen molar-refractivity contribution in [1.29, 1.82) is 0 Å². The van der Waals surface area contributed by atoms with Gasteiger partial charge in [0.15, 0.2) is 6.54 Å². The lowest BCUT2D eigenvalue weighted by molar-refractivity contribution is -0.870. The fraction of sp³-hybridized carbons (Fsp3) is 0.917. The Morgan fingerprint density at radius 3 is 1.72 bits per heavy atom. The van der Waals surface area contributed by atoms with Gasteiger partial charge in [-0.25, -0.2) is 0 Å². The normalized spacial score (nSPS) is 12.1. The number of unbranched alkanes of at least 4 members (excludes halogenated alkanes) is 7. The van der Waals surface area contributed by atoms with Crippen molar-refractivity contribution >= 4 is 33.4 Å². The molecule has 190 valence electrons. The highest BCUT2D eigenvalue weighted by molar-refractivity contribution is 8.76. The third-order valence-electron chi connectivity index (χ3n) is 4.92. The smallest absolute Gasteiger partial charge is 0.275 e. The van der Waals surface area contributed by atoms with Crippen LogP contribution in [0.3, 0.4) is 0 Å². The van der Waals surface area contributed by atoms with Crippen LogP contribution >= 0.6 is 21.6 Å². The fourth-order valence-corrected chi connectivity index (χ4v) is 5.21. The Bertz CT molecular complexity index is 491. The van der Waals surface area contributed by atoms with E-state index in [1.165, 1.54) is 51.5 Å². The highest BCUT2D eigenvalue weighted by Gasteiger charge is 2.13. The molecule has 0 radical (unpaired) electrons. The van der Waals surface area contributed by atoms with E-state index in [1.54, 1.807) is 10.8 Å². The second-order valence-corrected chi connectivity index (χ2v) is 13.4. The first-order valence-electron chi connectivity index (χ1n) is 12.4. The highest BCUT2D eigenvalue weighted by Crippen LogP contribution is 2.20. The molecule has 8 heteroatoms. The molecule has 2 amide bonds. The van der Waals surface area contributed by atoms with Gasteiger partial charge >= 0.3 is 0 Å². The van der Waals surface area contributed by atoms with E-state index >= 15 is 0 Å². The summed E-state index contributed by atoms with van der Waals surface area (Å²) >= 11 is 0. The van der Waals surface area contributed by atoms with Gasteiger partial charge < -0.3 is 19.6 Å². The molecule has 0 saturated carbocycles. The summed E-state index contributed by atoms with van der Waals surface area (Å²) in [4.78, 5) is 23.6. The molecule has 32 heavy (non-hydrogen) atoms. The van der Waals surface area contributed by atoms with Gasteiger partial charge in [0.1, 0.15) is 0 Å². The second-order valence-electron chi connectivity index (χ2n) is 10.7. The topological polar surface area (TPSA) is 58.2 Å². The molecule has 0 aliphatic carbocycles. The number of rotatable bonds is 21. The number of hydrogen-bond donors (Lipinski definition) is 2. The van der Waals surface area contributed by atoms with Crippen LogP contribution in [0.4, 0.5) is 0 Å². The maximum absolute atomic E-state index is 11.9. The summed E-state index contributed by atoms with van der Waals surface area (Å²) in [5, 5.41) is 6.00. The van der Waals surface area contributed by atoms with Crippen molar-refractivity contribution in [2.75, 3.05) is 80.0 Å². The van der Waals surface area contributed by atoms with Crippen LogP contribution in [0.25, 0.3) is 0 Å². The first-order chi connectivity index (χ1) is 15.0. The lowest BCUT2D eigenvalue weighted by atomic mass is 10.1. The minimum atomic E-state index is 0.115. The number of nitrogens with one attached hydrogen (secondary N) is 2. The van der Waals surface area contributed by atoms with Gasteiger partial charge in [0, 0.05) is 31.0 Å². The predicted molar refractivity (Wildman–Crippen MR) is 143 cm³/mol. The maximum atomic E-state index is 11.9. The molecule has 0 atom stereocenters. The number of amides is 2. The zero-order valence-electron chi connectivity index (χ0n) is 21.8. The average molecular weight is 493 g/mol. The Labute approximate surface area is 206 Å². The van der Waals surface area contributed by atoms with Crippen LogP contribution in [-0.2, 0) is 9.59 Å². The lowest BCUT2D eigenvalue weighted by Crippen LogP contribution is -2.44. The van der Waals surface area contributed by atoms with Gasteiger partial charge in [0.05, 0.1) is 48.8 Å². The monoisotopic (exact) mass is 492 g/mol. The maximum Gasteiger partial charge on any atom is 0.275 e. The summed E-state index contributed by atoms with van der Waals surface area (Å²) in [6, 6.07) is 0. The van der Waals surface area contributed by atoms with Crippen molar-refractivity contribution in [3.63, 3.8) is 0 Å².